The Hall–Kier alpha value is -3.77. The third-order valence-corrected chi connectivity index (χ3v) is 5.54. The molecule has 1 N–H and O–H groups in total. The van der Waals surface area contributed by atoms with Gasteiger partial charge in [-0.05, 0) is 24.3 Å². The Balaban J connectivity index is 1.57. The smallest absolute Gasteiger partial charge is 0.419 e. The zero-order valence-corrected chi connectivity index (χ0v) is 18.2. The summed E-state index contributed by atoms with van der Waals surface area (Å²) < 4.78 is 83.5. The number of halogens is 6. The van der Waals surface area contributed by atoms with Crippen molar-refractivity contribution in [2.75, 3.05) is 43.1 Å². The van der Waals surface area contributed by atoms with Gasteiger partial charge in [-0.3, -0.25) is 0 Å². The molecule has 3 aromatic rings. The fourth-order valence-corrected chi connectivity index (χ4v) is 3.79. The molecule has 0 saturated carbocycles. The van der Waals surface area contributed by atoms with Gasteiger partial charge >= 0.3 is 18.3 Å². The molecular formula is C22H19F6N5O2. The number of anilines is 2. The van der Waals surface area contributed by atoms with Gasteiger partial charge in [-0.1, -0.05) is 12.1 Å². The summed E-state index contributed by atoms with van der Waals surface area (Å²) in [7, 11) is 1.15. The molecule has 1 aliphatic heterocycles. The molecule has 3 heterocycles. The van der Waals surface area contributed by atoms with E-state index in [9.17, 15) is 31.1 Å². The summed E-state index contributed by atoms with van der Waals surface area (Å²) in [5.41, 5.74) is -1.33. The number of carbonyl (C=O) groups excluding carboxylic acids is 1. The number of nitrogens with zero attached hydrogens (tertiary/aromatic N) is 4. The highest BCUT2D eigenvalue weighted by atomic mass is 19.4. The molecule has 1 fully saturated rings. The van der Waals surface area contributed by atoms with Crippen molar-refractivity contribution in [3.8, 4) is 11.3 Å². The van der Waals surface area contributed by atoms with Crippen molar-refractivity contribution in [2.45, 2.75) is 12.4 Å². The van der Waals surface area contributed by atoms with Gasteiger partial charge in [0, 0.05) is 37.9 Å². The number of imidazole rings is 1. The minimum Gasteiger partial charge on any atom is -0.464 e. The number of pyridine rings is 1. The first-order valence-electron chi connectivity index (χ1n) is 10.4. The average Bonchev–Trinajstić information content (AvgIpc) is 3.28. The first-order valence-corrected chi connectivity index (χ1v) is 10.4. The Labute approximate surface area is 195 Å². The van der Waals surface area contributed by atoms with E-state index in [0.29, 0.717) is 5.56 Å². The Morgan fingerprint density at radius 3 is 2.14 bits per heavy atom. The molecule has 1 aliphatic rings. The van der Waals surface area contributed by atoms with E-state index in [1.54, 1.807) is 4.90 Å². The number of ether oxygens (including phenoxy) is 1. The molecule has 1 aromatic carbocycles. The lowest BCUT2D eigenvalue weighted by Crippen LogP contribution is -2.47. The number of hydrogen-bond acceptors (Lipinski definition) is 6. The van der Waals surface area contributed by atoms with Crippen LogP contribution in [-0.4, -0.2) is 54.2 Å². The van der Waals surface area contributed by atoms with Crippen LogP contribution in [0.3, 0.4) is 0 Å². The molecular weight excluding hydrogens is 480 g/mol. The van der Waals surface area contributed by atoms with Crippen molar-refractivity contribution in [3.63, 3.8) is 0 Å². The predicted molar refractivity (Wildman–Crippen MR) is 114 cm³/mol. The summed E-state index contributed by atoms with van der Waals surface area (Å²) in [5, 5.41) is 0. The van der Waals surface area contributed by atoms with Crippen molar-refractivity contribution in [3.05, 3.63) is 59.4 Å². The minimum atomic E-state index is -4.55. The van der Waals surface area contributed by atoms with Gasteiger partial charge in [0.15, 0.2) is 5.69 Å². The van der Waals surface area contributed by atoms with E-state index in [2.05, 4.69) is 15.0 Å². The SMILES string of the molecule is COC(=O)c1nc(N2CCN(c3ncccc3C(F)(F)F)CC2)[nH]c1-c1ccc(C(F)(F)F)cc1. The fraction of sp³-hybridized carbons (Fsp3) is 0.318. The molecule has 0 aliphatic carbocycles. The number of H-pyrrole nitrogens is 1. The van der Waals surface area contributed by atoms with Crippen LogP contribution < -0.4 is 9.80 Å². The fourth-order valence-electron chi connectivity index (χ4n) is 3.79. The number of aromatic amines is 1. The van der Waals surface area contributed by atoms with Gasteiger partial charge in [0.05, 0.1) is 23.9 Å². The maximum Gasteiger partial charge on any atom is 0.419 e. The summed E-state index contributed by atoms with van der Waals surface area (Å²) >= 11 is 0. The molecule has 0 amide bonds. The normalized spacial score (nSPS) is 14.8. The Morgan fingerprint density at radius 1 is 0.943 bits per heavy atom. The lowest BCUT2D eigenvalue weighted by atomic mass is 10.1. The largest absolute Gasteiger partial charge is 0.464 e. The van der Waals surface area contributed by atoms with Crippen LogP contribution in [0.25, 0.3) is 11.3 Å². The lowest BCUT2D eigenvalue weighted by Gasteiger charge is -2.36. The van der Waals surface area contributed by atoms with Crippen molar-refractivity contribution in [1.82, 2.24) is 15.0 Å². The number of alkyl halides is 6. The molecule has 7 nitrogen and oxygen atoms in total. The summed E-state index contributed by atoms with van der Waals surface area (Å²) in [5.74, 6) is -0.707. The first-order chi connectivity index (χ1) is 16.5. The molecule has 0 spiro atoms. The van der Waals surface area contributed by atoms with E-state index in [4.69, 9.17) is 4.74 Å². The van der Waals surface area contributed by atoms with Crippen LogP contribution in [0, 0.1) is 0 Å². The standard InChI is InChI=1S/C22H19F6N5O2/c1-35-19(34)17-16(13-4-6-14(7-5-13)21(23,24)25)30-20(31-17)33-11-9-32(10-12-33)18-15(22(26,27)28)3-2-8-29-18/h2-8H,9-12H2,1H3,(H,30,31). The van der Waals surface area contributed by atoms with Gasteiger partial charge in [-0.2, -0.15) is 26.3 Å². The van der Waals surface area contributed by atoms with E-state index in [1.165, 1.54) is 29.3 Å². The summed E-state index contributed by atoms with van der Waals surface area (Å²) in [4.78, 5) is 26.6. The first kappa shape index (κ1) is 24.4. The van der Waals surface area contributed by atoms with Gasteiger partial charge in [0.2, 0.25) is 5.95 Å². The van der Waals surface area contributed by atoms with Crippen LogP contribution in [0.5, 0.6) is 0 Å². The summed E-state index contributed by atoms with van der Waals surface area (Å²) in [6.07, 6.45) is -7.77. The number of piperazine rings is 1. The number of methoxy groups -OCH3 is 1. The quantitative estimate of drug-likeness (QED) is 0.417. The number of carbonyl (C=O) groups is 1. The number of esters is 1. The topological polar surface area (TPSA) is 74.3 Å². The molecule has 186 valence electrons. The summed E-state index contributed by atoms with van der Waals surface area (Å²) in [6.45, 7) is 0.914. The number of aromatic nitrogens is 3. The van der Waals surface area contributed by atoms with Gasteiger partial charge in [0.1, 0.15) is 5.82 Å². The Bertz CT molecular complexity index is 1200. The van der Waals surface area contributed by atoms with Crippen molar-refractivity contribution in [2.24, 2.45) is 0 Å². The number of benzene rings is 1. The van der Waals surface area contributed by atoms with E-state index >= 15 is 0 Å². The molecule has 0 bridgehead atoms. The van der Waals surface area contributed by atoms with Gasteiger partial charge in [-0.25, -0.2) is 14.8 Å². The Kier molecular flexibility index (Phi) is 6.34. The third-order valence-electron chi connectivity index (χ3n) is 5.54. The molecule has 13 heteroatoms. The lowest BCUT2D eigenvalue weighted by molar-refractivity contribution is -0.138. The van der Waals surface area contributed by atoms with E-state index in [-0.39, 0.29) is 49.3 Å². The second-order valence-corrected chi connectivity index (χ2v) is 7.70. The van der Waals surface area contributed by atoms with Crippen molar-refractivity contribution < 1.29 is 35.9 Å². The Morgan fingerprint density at radius 2 is 1.57 bits per heavy atom. The maximum atomic E-state index is 13.4. The molecule has 4 rings (SSSR count). The third kappa shape index (κ3) is 5.03. The van der Waals surface area contributed by atoms with Crippen LogP contribution in [0.15, 0.2) is 42.6 Å². The molecule has 0 unspecified atom stereocenters. The van der Waals surface area contributed by atoms with Crippen LogP contribution >= 0.6 is 0 Å². The van der Waals surface area contributed by atoms with Crippen LogP contribution in [0.1, 0.15) is 21.6 Å². The van der Waals surface area contributed by atoms with Crippen molar-refractivity contribution in [1.29, 1.82) is 0 Å². The molecule has 0 radical (unpaired) electrons. The monoisotopic (exact) mass is 499 g/mol. The highest BCUT2D eigenvalue weighted by molar-refractivity contribution is 5.95. The van der Waals surface area contributed by atoms with E-state index < -0.39 is 29.4 Å². The van der Waals surface area contributed by atoms with Crippen molar-refractivity contribution >= 4 is 17.7 Å². The van der Waals surface area contributed by atoms with E-state index in [1.807, 2.05) is 0 Å². The van der Waals surface area contributed by atoms with Gasteiger partial charge in [0.25, 0.3) is 0 Å². The van der Waals surface area contributed by atoms with Gasteiger partial charge in [-0.15, -0.1) is 0 Å². The average molecular weight is 499 g/mol. The molecule has 1 saturated heterocycles. The zero-order chi connectivity index (χ0) is 25.4. The van der Waals surface area contributed by atoms with E-state index in [0.717, 1.165) is 25.3 Å². The number of rotatable bonds is 4. The molecule has 2 aromatic heterocycles. The number of nitrogens with one attached hydrogen (secondary N) is 1. The second-order valence-electron chi connectivity index (χ2n) is 7.70. The number of hydrogen-bond donors (Lipinski definition) is 1. The summed E-state index contributed by atoms with van der Waals surface area (Å²) in [6, 6.07) is 6.40. The van der Waals surface area contributed by atoms with Crippen LogP contribution in [-0.2, 0) is 17.1 Å². The highest BCUT2D eigenvalue weighted by Gasteiger charge is 2.36. The van der Waals surface area contributed by atoms with Gasteiger partial charge < -0.3 is 19.5 Å². The highest BCUT2D eigenvalue weighted by Crippen LogP contribution is 2.36. The predicted octanol–water partition coefficient (Wildman–Crippen LogP) is 4.62. The zero-order valence-electron chi connectivity index (χ0n) is 18.2. The minimum absolute atomic E-state index is 0.117. The second kappa shape index (κ2) is 9.12. The van der Waals surface area contributed by atoms with Crippen LogP contribution in [0.4, 0.5) is 38.1 Å². The molecule has 35 heavy (non-hydrogen) atoms. The van der Waals surface area contributed by atoms with Crippen LogP contribution in [0.2, 0.25) is 0 Å². The maximum absolute atomic E-state index is 13.4. The molecule has 0 atom stereocenters.